The highest BCUT2D eigenvalue weighted by Crippen LogP contribution is 2.25. The number of benzene rings is 1. The molecule has 1 aromatic heterocycles. The molecule has 1 aliphatic heterocycles. The standard InChI is InChI=1S/C17H21FN2O3/c1-11-5-15(23-19-11)7-13-9-20(10-17(13)21)8-12-6-14(22-2)3-4-16(12)18/h3-6,13,17,21H,7-10H2,1-2H3. The molecule has 23 heavy (non-hydrogen) atoms. The average molecular weight is 320 g/mol. The lowest BCUT2D eigenvalue weighted by molar-refractivity contribution is 0.137. The number of rotatable bonds is 5. The number of nitrogens with zero attached hydrogens (tertiary/aromatic N) is 2. The maximum absolute atomic E-state index is 13.9. The Morgan fingerprint density at radius 1 is 1.39 bits per heavy atom. The zero-order chi connectivity index (χ0) is 16.4. The van der Waals surface area contributed by atoms with Crippen molar-refractivity contribution in [3.63, 3.8) is 0 Å². The van der Waals surface area contributed by atoms with Crippen LogP contribution in [0.3, 0.4) is 0 Å². The third-order valence-corrected chi connectivity index (χ3v) is 4.27. The fourth-order valence-electron chi connectivity index (χ4n) is 3.08. The molecule has 2 heterocycles. The van der Waals surface area contributed by atoms with Crippen LogP contribution >= 0.6 is 0 Å². The van der Waals surface area contributed by atoms with E-state index in [0.717, 1.165) is 11.5 Å². The molecule has 0 amide bonds. The number of aliphatic hydroxyl groups is 1. The minimum atomic E-state index is -0.450. The molecule has 0 aliphatic carbocycles. The van der Waals surface area contributed by atoms with Gasteiger partial charge in [-0.2, -0.15) is 0 Å². The largest absolute Gasteiger partial charge is 0.497 e. The molecule has 1 N–H and O–H groups in total. The normalized spacial score (nSPS) is 21.7. The Kier molecular flexibility index (Phi) is 4.63. The molecule has 2 aromatic rings. The molecule has 0 bridgehead atoms. The molecule has 0 saturated carbocycles. The second-order valence-electron chi connectivity index (χ2n) is 6.12. The van der Waals surface area contributed by atoms with E-state index in [4.69, 9.17) is 9.26 Å². The number of aromatic nitrogens is 1. The summed E-state index contributed by atoms with van der Waals surface area (Å²) >= 11 is 0. The summed E-state index contributed by atoms with van der Waals surface area (Å²) in [6, 6.07) is 6.61. The summed E-state index contributed by atoms with van der Waals surface area (Å²) in [7, 11) is 1.56. The highest BCUT2D eigenvalue weighted by Gasteiger charge is 2.32. The van der Waals surface area contributed by atoms with Crippen LogP contribution < -0.4 is 4.74 Å². The Balaban J connectivity index is 1.64. The van der Waals surface area contributed by atoms with Gasteiger partial charge in [-0.05, 0) is 25.1 Å². The molecule has 1 aromatic carbocycles. The summed E-state index contributed by atoms with van der Waals surface area (Å²) in [4.78, 5) is 2.05. The molecule has 1 aliphatic rings. The van der Waals surface area contributed by atoms with Crippen LogP contribution in [0.5, 0.6) is 5.75 Å². The number of β-amino-alcohol motifs (C(OH)–C–C–N with tert-alkyl or cyclic N) is 1. The van der Waals surface area contributed by atoms with Gasteiger partial charge >= 0.3 is 0 Å². The fraction of sp³-hybridized carbons (Fsp3) is 0.471. The molecule has 124 valence electrons. The molecular weight excluding hydrogens is 299 g/mol. The Labute approximate surface area is 134 Å². The van der Waals surface area contributed by atoms with E-state index in [1.807, 2.05) is 13.0 Å². The van der Waals surface area contributed by atoms with Crippen LogP contribution in [0.1, 0.15) is 17.0 Å². The summed E-state index contributed by atoms with van der Waals surface area (Å²) < 4.78 is 24.3. The van der Waals surface area contributed by atoms with Gasteiger partial charge in [0.2, 0.25) is 0 Å². The monoisotopic (exact) mass is 320 g/mol. The van der Waals surface area contributed by atoms with Gasteiger partial charge in [-0.3, -0.25) is 4.90 Å². The predicted molar refractivity (Wildman–Crippen MR) is 82.7 cm³/mol. The first-order valence-corrected chi connectivity index (χ1v) is 7.70. The van der Waals surface area contributed by atoms with E-state index in [2.05, 4.69) is 10.1 Å². The minimum Gasteiger partial charge on any atom is -0.497 e. The zero-order valence-corrected chi connectivity index (χ0v) is 13.3. The molecule has 3 rings (SSSR count). The van der Waals surface area contributed by atoms with Crippen LogP contribution in [-0.4, -0.2) is 41.5 Å². The van der Waals surface area contributed by atoms with Crippen LogP contribution in [0.2, 0.25) is 0 Å². The van der Waals surface area contributed by atoms with Crippen LogP contribution in [0.4, 0.5) is 4.39 Å². The number of aryl methyl sites for hydroxylation is 1. The van der Waals surface area contributed by atoms with Crippen LogP contribution in [0.25, 0.3) is 0 Å². The molecule has 0 spiro atoms. The van der Waals surface area contributed by atoms with Gasteiger partial charge in [0, 0.05) is 43.6 Å². The van der Waals surface area contributed by atoms with Crippen molar-refractivity contribution in [1.82, 2.24) is 10.1 Å². The second-order valence-corrected chi connectivity index (χ2v) is 6.12. The number of methoxy groups -OCH3 is 1. The van der Waals surface area contributed by atoms with Crippen molar-refractivity contribution < 1.29 is 18.8 Å². The van der Waals surface area contributed by atoms with Gasteiger partial charge in [0.1, 0.15) is 17.3 Å². The van der Waals surface area contributed by atoms with Crippen molar-refractivity contribution in [2.24, 2.45) is 5.92 Å². The Morgan fingerprint density at radius 3 is 2.91 bits per heavy atom. The van der Waals surface area contributed by atoms with Crippen LogP contribution in [0.15, 0.2) is 28.8 Å². The lowest BCUT2D eigenvalue weighted by atomic mass is 10.0. The lowest BCUT2D eigenvalue weighted by Gasteiger charge is -2.16. The molecular formula is C17H21FN2O3. The van der Waals surface area contributed by atoms with Crippen molar-refractivity contribution in [2.45, 2.75) is 26.0 Å². The van der Waals surface area contributed by atoms with E-state index in [1.165, 1.54) is 6.07 Å². The molecule has 6 heteroatoms. The number of hydrogen-bond acceptors (Lipinski definition) is 5. The van der Waals surface area contributed by atoms with E-state index in [1.54, 1.807) is 19.2 Å². The zero-order valence-electron chi connectivity index (χ0n) is 13.3. The second kappa shape index (κ2) is 6.68. The summed E-state index contributed by atoms with van der Waals surface area (Å²) in [5, 5.41) is 14.1. The van der Waals surface area contributed by atoms with E-state index in [0.29, 0.717) is 37.4 Å². The third-order valence-electron chi connectivity index (χ3n) is 4.27. The van der Waals surface area contributed by atoms with Gasteiger partial charge in [-0.15, -0.1) is 0 Å². The van der Waals surface area contributed by atoms with Gasteiger partial charge in [-0.25, -0.2) is 4.39 Å². The maximum Gasteiger partial charge on any atom is 0.137 e. The topological polar surface area (TPSA) is 58.7 Å². The molecule has 0 radical (unpaired) electrons. The Morgan fingerprint density at radius 2 is 2.22 bits per heavy atom. The summed E-state index contributed by atoms with van der Waals surface area (Å²) in [6.45, 7) is 3.54. The molecule has 1 saturated heterocycles. The van der Waals surface area contributed by atoms with Gasteiger partial charge in [0.05, 0.1) is 18.9 Å². The predicted octanol–water partition coefficient (Wildman–Crippen LogP) is 2.17. The Hall–Kier alpha value is -1.92. The summed E-state index contributed by atoms with van der Waals surface area (Å²) in [5.41, 5.74) is 1.41. The first-order chi connectivity index (χ1) is 11.0. The maximum atomic E-state index is 13.9. The van der Waals surface area contributed by atoms with E-state index < -0.39 is 6.10 Å². The number of aliphatic hydroxyl groups excluding tert-OH is 1. The van der Waals surface area contributed by atoms with Gasteiger partial charge in [-0.1, -0.05) is 5.16 Å². The third kappa shape index (κ3) is 3.71. The Bertz CT molecular complexity index is 674. The smallest absolute Gasteiger partial charge is 0.137 e. The summed E-state index contributed by atoms with van der Waals surface area (Å²) in [6.07, 6.45) is 0.188. The molecule has 1 fully saturated rings. The number of likely N-dealkylation sites (tertiary alicyclic amines) is 1. The van der Waals surface area contributed by atoms with E-state index in [9.17, 15) is 9.50 Å². The quantitative estimate of drug-likeness (QED) is 0.915. The molecule has 2 atom stereocenters. The number of ether oxygens (including phenoxy) is 1. The van der Waals surface area contributed by atoms with Crippen molar-refractivity contribution >= 4 is 0 Å². The van der Waals surface area contributed by atoms with E-state index in [-0.39, 0.29) is 11.7 Å². The van der Waals surface area contributed by atoms with Crippen molar-refractivity contribution in [3.8, 4) is 5.75 Å². The first kappa shape index (κ1) is 16.0. The van der Waals surface area contributed by atoms with Gasteiger partial charge < -0.3 is 14.4 Å². The molecule has 2 unspecified atom stereocenters. The summed E-state index contributed by atoms with van der Waals surface area (Å²) in [5.74, 6) is 1.22. The van der Waals surface area contributed by atoms with Gasteiger partial charge in [0.25, 0.3) is 0 Å². The molecule has 5 nitrogen and oxygen atoms in total. The van der Waals surface area contributed by atoms with Crippen molar-refractivity contribution in [1.29, 1.82) is 0 Å². The minimum absolute atomic E-state index is 0.0658. The fourth-order valence-corrected chi connectivity index (χ4v) is 3.08. The number of hydrogen-bond donors (Lipinski definition) is 1. The van der Waals surface area contributed by atoms with Crippen LogP contribution in [-0.2, 0) is 13.0 Å². The van der Waals surface area contributed by atoms with Crippen molar-refractivity contribution in [2.75, 3.05) is 20.2 Å². The highest BCUT2D eigenvalue weighted by molar-refractivity contribution is 5.29. The SMILES string of the molecule is COc1ccc(F)c(CN2CC(O)C(Cc3cc(C)no3)C2)c1. The first-order valence-electron chi connectivity index (χ1n) is 7.70. The highest BCUT2D eigenvalue weighted by atomic mass is 19.1. The van der Waals surface area contributed by atoms with Crippen LogP contribution in [0, 0.1) is 18.7 Å². The van der Waals surface area contributed by atoms with Crippen molar-refractivity contribution in [3.05, 3.63) is 47.1 Å². The van der Waals surface area contributed by atoms with E-state index >= 15 is 0 Å². The lowest BCUT2D eigenvalue weighted by Crippen LogP contribution is -2.22. The number of halogens is 1. The average Bonchev–Trinajstić information content (AvgIpc) is 3.08. The van der Waals surface area contributed by atoms with Gasteiger partial charge in [0.15, 0.2) is 0 Å².